The van der Waals surface area contributed by atoms with Crippen LogP contribution in [-0.2, 0) is 0 Å². The lowest BCUT2D eigenvalue weighted by Crippen LogP contribution is -2.42. The third-order valence-corrected chi connectivity index (χ3v) is 7.63. The van der Waals surface area contributed by atoms with E-state index < -0.39 is 23.6 Å². The van der Waals surface area contributed by atoms with Crippen LogP contribution in [0.25, 0.3) is 10.9 Å². The van der Waals surface area contributed by atoms with Crippen LogP contribution >= 0.6 is 0 Å². The molecule has 3 aromatic rings. The molecule has 1 aromatic heterocycles. The maximum Gasteiger partial charge on any atom is 0.174 e. The minimum atomic E-state index is -1.26. The van der Waals surface area contributed by atoms with Gasteiger partial charge in [-0.2, -0.15) is 0 Å². The van der Waals surface area contributed by atoms with Crippen LogP contribution in [0.4, 0.5) is 18.9 Å². The van der Waals surface area contributed by atoms with E-state index in [0.717, 1.165) is 28.2 Å². The Morgan fingerprint density at radius 1 is 1.15 bits per heavy atom. The third-order valence-electron chi connectivity index (χ3n) is 7.63. The number of fused-ring (bicyclic) bond motifs is 1. The van der Waals surface area contributed by atoms with Crippen LogP contribution in [0.15, 0.2) is 36.5 Å². The molecule has 1 atom stereocenters. The number of anilines is 1. The third kappa shape index (κ3) is 6.47. The highest BCUT2D eigenvalue weighted by molar-refractivity contribution is 5.88. The molecule has 2 aromatic carbocycles. The molecule has 1 unspecified atom stereocenters. The summed E-state index contributed by atoms with van der Waals surface area (Å²) in [5.41, 5.74) is 1.72. The van der Waals surface area contributed by atoms with E-state index in [2.05, 4.69) is 21.7 Å². The van der Waals surface area contributed by atoms with E-state index >= 15 is 0 Å². The molecule has 0 spiro atoms. The first kappa shape index (κ1) is 28.7. The molecule has 1 aliphatic heterocycles. The van der Waals surface area contributed by atoms with Crippen molar-refractivity contribution in [3.8, 4) is 17.6 Å². The van der Waals surface area contributed by atoms with Crippen LogP contribution < -0.4 is 9.64 Å². The number of ether oxygens (including phenoxy) is 1. The molecule has 0 bridgehead atoms. The average Bonchev–Trinajstić information content (AvgIpc) is 2.94. The second kappa shape index (κ2) is 12.2. The summed E-state index contributed by atoms with van der Waals surface area (Å²) in [4.78, 5) is 8.54. The molecule has 1 fully saturated rings. The van der Waals surface area contributed by atoms with Crippen LogP contribution in [0.2, 0.25) is 0 Å². The van der Waals surface area contributed by atoms with Crippen molar-refractivity contribution in [2.75, 3.05) is 52.3 Å². The number of rotatable bonds is 8. The van der Waals surface area contributed by atoms with Crippen molar-refractivity contribution in [2.45, 2.75) is 31.8 Å². The van der Waals surface area contributed by atoms with E-state index in [4.69, 9.17) is 4.74 Å². The van der Waals surface area contributed by atoms with Gasteiger partial charge in [-0.1, -0.05) is 11.8 Å². The summed E-state index contributed by atoms with van der Waals surface area (Å²) in [5, 5.41) is 22.6. The van der Waals surface area contributed by atoms with Gasteiger partial charge in [-0.05, 0) is 68.5 Å². The molecule has 4 rings (SSSR count). The molecule has 1 saturated heterocycles. The second-order valence-electron chi connectivity index (χ2n) is 10.4. The van der Waals surface area contributed by atoms with Crippen molar-refractivity contribution >= 4 is 16.6 Å². The zero-order valence-corrected chi connectivity index (χ0v) is 22.5. The van der Waals surface area contributed by atoms with Crippen LogP contribution in [0.3, 0.4) is 0 Å². The molecule has 2 heterocycles. The molecule has 1 aliphatic rings. The van der Waals surface area contributed by atoms with Crippen molar-refractivity contribution in [2.24, 2.45) is 5.41 Å². The lowest BCUT2D eigenvalue weighted by atomic mass is 9.74. The van der Waals surface area contributed by atoms with Gasteiger partial charge in [-0.3, -0.25) is 9.88 Å². The molecule has 208 valence electrons. The van der Waals surface area contributed by atoms with Crippen molar-refractivity contribution in [1.29, 1.82) is 0 Å². The number of hydrogen-bond donors (Lipinski definition) is 2. The first-order chi connectivity index (χ1) is 18.7. The average molecular weight is 542 g/mol. The number of piperidine rings is 1. The van der Waals surface area contributed by atoms with Crippen LogP contribution in [0.5, 0.6) is 5.75 Å². The number of benzene rings is 2. The minimum absolute atomic E-state index is 0.00152. The molecular weight excluding hydrogens is 507 g/mol. The SMILES string of the molecule is COc1ccc2ncc(N(C)C)c(C(O)CCC3(CO)CCN(CC#Cc4cc(F)cc(F)c4F)CC3)c2c1. The minimum Gasteiger partial charge on any atom is -0.497 e. The zero-order valence-electron chi connectivity index (χ0n) is 22.5. The highest BCUT2D eigenvalue weighted by atomic mass is 19.2. The van der Waals surface area contributed by atoms with Crippen molar-refractivity contribution in [3.05, 3.63) is 65.1 Å². The largest absolute Gasteiger partial charge is 0.497 e. The number of nitrogens with zero attached hydrogens (tertiary/aromatic N) is 3. The number of hydrogen-bond acceptors (Lipinski definition) is 6. The molecule has 0 amide bonds. The smallest absolute Gasteiger partial charge is 0.174 e. The number of aromatic nitrogens is 1. The number of pyridine rings is 1. The Balaban J connectivity index is 1.43. The maximum atomic E-state index is 13.8. The van der Waals surface area contributed by atoms with Crippen molar-refractivity contribution in [1.82, 2.24) is 9.88 Å². The van der Waals surface area contributed by atoms with Gasteiger partial charge in [0.05, 0.1) is 42.7 Å². The Morgan fingerprint density at radius 3 is 2.56 bits per heavy atom. The normalized spacial score (nSPS) is 16.0. The summed E-state index contributed by atoms with van der Waals surface area (Å²) in [6.07, 6.45) is 3.48. The second-order valence-corrected chi connectivity index (χ2v) is 10.4. The van der Waals surface area contributed by atoms with Gasteiger partial charge in [-0.15, -0.1) is 0 Å². The van der Waals surface area contributed by atoms with Gasteiger partial charge in [0.2, 0.25) is 0 Å². The van der Waals surface area contributed by atoms with E-state index in [1.54, 1.807) is 13.3 Å². The van der Waals surface area contributed by atoms with E-state index in [1.165, 1.54) is 0 Å². The van der Waals surface area contributed by atoms with E-state index in [9.17, 15) is 23.4 Å². The fourth-order valence-corrected chi connectivity index (χ4v) is 5.17. The van der Waals surface area contributed by atoms with Gasteiger partial charge in [0.1, 0.15) is 11.6 Å². The van der Waals surface area contributed by atoms with Gasteiger partial charge >= 0.3 is 0 Å². The van der Waals surface area contributed by atoms with E-state index in [-0.39, 0.29) is 17.6 Å². The lowest BCUT2D eigenvalue weighted by molar-refractivity contribution is 0.0274. The highest BCUT2D eigenvalue weighted by Crippen LogP contribution is 2.41. The summed E-state index contributed by atoms with van der Waals surface area (Å²) in [5.74, 6) is 2.73. The van der Waals surface area contributed by atoms with Crippen molar-refractivity contribution < 1.29 is 28.1 Å². The highest BCUT2D eigenvalue weighted by Gasteiger charge is 2.34. The standard InChI is InChI=1S/C30H34F3N3O3/c1-35(2)26-18-34-25-7-6-22(39-3)17-23(25)28(26)27(38)8-9-30(19-37)10-13-36(14-11-30)12-4-5-20-15-21(31)16-24(32)29(20)33/h6-7,15-18,27,37-38H,8-14,19H2,1-3H3. The van der Waals surface area contributed by atoms with Crippen LogP contribution in [-0.4, -0.2) is 67.5 Å². The van der Waals surface area contributed by atoms with Gasteiger partial charge in [0, 0.05) is 37.7 Å². The summed E-state index contributed by atoms with van der Waals surface area (Å²) in [6, 6.07) is 6.97. The first-order valence-corrected chi connectivity index (χ1v) is 12.9. The fourth-order valence-electron chi connectivity index (χ4n) is 5.17. The Hall–Kier alpha value is -3.32. The number of likely N-dealkylation sites (tertiary alicyclic amines) is 1. The quantitative estimate of drug-likeness (QED) is 0.319. The molecule has 0 radical (unpaired) electrons. The summed E-state index contributed by atoms with van der Waals surface area (Å²) in [6.45, 7) is 1.63. The zero-order chi connectivity index (χ0) is 28.2. The monoisotopic (exact) mass is 541 g/mol. The molecular formula is C30H34F3N3O3. The maximum absolute atomic E-state index is 13.8. The molecule has 0 aliphatic carbocycles. The molecule has 0 saturated carbocycles. The van der Waals surface area contributed by atoms with E-state index in [0.29, 0.717) is 57.1 Å². The number of aliphatic hydroxyl groups is 2. The van der Waals surface area contributed by atoms with Gasteiger partial charge in [-0.25, -0.2) is 13.2 Å². The summed E-state index contributed by atoms with van der Waals surface area (Å²) < 4.78 is 46.0. The Bertz CT molecular complexity index is 1380. The van der Waals surface area contributed by atoms with Gasteiger partial charge in [0.15, 0.2) is 11.6 Å². The lowest BCUT2D eigenvalue weighted by Gasteiger charge is -2.40. The Kier molecular flexibility index (Phi) is 9.01. The first-order valence-electron chi connectivity index (χ1n) is 12.9. The van der Waals surface area contributed by atoms with Gasteiger partial charge in [0.25, 0.3) is 0 Å². The number of aliphatic hydroxyl groups excluding tert-OH is 2. The van der Waals surface area contributed by atoms with Crippen LogP contribution in [0.1, 0.15) is 42.9 Å². The van der Waals surface area contributed by atoms with E-state index in [1.807, 2.05) is 37.2 Å². The Morgan fingerprint density at radius 2 is 1.90 bits per heavy atom. The number of methoxy groups -OCH3 is 1. The fraction of sp³-hybridized carbons (Fsp3) is 0.433. The summed E-state index contributed by atoms with van der Waals surface area (Å²) in [7, 11) is 5.42. The summed E-state index contributed by atoms with van der Waals surface area (Å²) >= 11 is 0. The predicted molar refractivity (Wildman–Crippen MR) is 145 cm³/mol. The van der Waals surface area contributed by atoms with Crippen LogP contribution in [0, 0.1) is 34.7 Å². The molecule has 2 N–H and O–H groups in total. The van der Waals surface area contributed by atoms with Crippen molar-refractivity contribution in [3.63, 3.8) is 0 Å². The molecule has 39 heavy (non-hydrogen) atoms. The number of halogens is 3. The molecule has 9 heteroatoms. The topological polar surface area (TPSA) is 69.1 Å². The van der Waals surface area contributed by atoms with Gasteiger partial charge < -0.3 is 19.8 Å². The molecule has 6 nitrogen and oxygen atoms in total. The predicted octanol–water partition coefficient (Wildman–Crippen LogP) is 4.67. The Labute approximate surface area is 227 Å².